The number of nitrogens with zero attached hydrogens (tertiary/aromatic N) is 3. The van der Waals surface area contributed by atoms with Gasteiger partial charge in [-0.15, -0.1) is 0 Å². The van der Waals surface area contributed by atoms with E-state index in [1.165, 1.54) is 6.07 Å². The van der Waals surface area contributed by atoms with E-state index in [1.807, 2.05) is 19.9 Å². The molecule has 0 atom stereocenters. The number of nitrogens with one attached hydrogen (secondary N) is 3. The molecule has 0 spiro atoms. The Morgan fingerprint density at radius 3 is 2.56 bits per heavy atom. The minimum absolute atomic E-state index is 0.0952. The number of anilines is 2. The van der Waals surface area contributed by atoms with Gasteiger partial charge < -0.3 is 20.4 Å². The molecule has 4 rings (SSSR count). The number of carbonyl (C=O) groups excluding carboxylic acids is 1. The summed E-state index contributed by atoms with van der Waals surface area (Å²) in [5, 5.41) is 5.79. The normalized spacial score (nSPS) is 18.4. The molecule has 3 aromatic rings. The Bertz CT molecular complexity index is 1220. The molecule has 1 aliphatic carbocycles. The zero-order valence-electron chi connectivity index (χ0n) is 19.5. The molecule has 3 heterocycles. The first-order valence-corrected chi connectivity index (χ1v) is 11.4. The first kappa shape index (κ1) is 25.6. The lowest BCUT2D eigenvalue weighted by Crippen LogP contribution is -2.40. The Labute approximate surface area is 203 Å². The molecule has 1 saturated carbocycles. The summed E-state index contributed by atoms with van der Waals surface area (Å²) in [5.74, 6) is -2.11. The van der Waals surface area contributed by atoms with Gasteiger partial charge in [0.05, 0.1) is 17.3 Å². The SMILES string of the molecule is Cc1ccnc(C)c1Nc1nc2cc(C(=O)N[C@H]3CC[C@H](C(F)(F)F)CC3)c(OCC(F)F)nc2[nH]1. The van der Waals surface area contributed by atoms with Crippen LogP contribution >= 0.6 is 0 Å². The number of H-pyrrole nitrogens is 1. The monoisotopic (exact) mass is 512 g/mol. The van der Waals surface area contributed by atoms with E-state index in [9.17, 15) is 26.7 Å². The Morgan fingerprint density at radius 1 is 1.19 bits per heavy atom. The highest BCUT2D eigenvalue weighted by molar-refractivity contribution is 5.99. The van der Waals surface area contributed by atoms with Crippen LogP contribution < -0.4 is 15.4 Å². The van der Waals surface area contributed by atoms with E-state index in [-0.39, 0.29) is 48.3 Å². The summed E-state index contributed by atoms with van der Waals surface area (Å²) < 4.78 is 69.5. The predicted molar refractivity (Wildman–Crippen MR) is 122 cm³/mol. The molecule has 194 valence electrons. The second-order valence-corrected chi connectivity index (χ2v) is 8.77. The molecule has 0 saturated heterocycles. The Kier molecular flexibility index (Phi) is 7.27. The van der Waals surface area contributed by atoms with Gasteiger partial charge in [-0.2, -0.15) is 18.2 Å². The van der Waals surface area contributed by atoms with Crippen LogP contribution in [0.4, 0.5) is 33.6 Å². The zero-order valence-corrected chi connectivity index (χ0v) is 19.5. The molecule has 8 nitrogen and oxygen atoms in total. The maximum Gasteiger partial charge on any atom is 0.391 e. The molecule has 0 radical (unpaired) electrons. The molecular formula is C23H25F5N6O2. The van der Waals surface area contributed by atoms with Crippen LogP contribution in [0.2, 0.25) is 0 Å². The summed E-state index contributed by atoms with van der Waals surface area (Å²) in [5.41, 5.74) is 2.70. The molecule has 3 aromatic heterocycles. The van der Waals surface area contributed by atoms with Crippen molar-refractivity contribution in [1.82, 2.24) is 25.3 Å². The van der Waals surface area contributed by atoms with Crippen molar-refractivity contribution in [2.45, 2.75) is 58.2 Å². The molecule has 1 amide bonds. The lowest BCUT2D eigenvalue weighted by molar-refractivity contribution is -0.182. The van der Waals surface area contributed by atoms with E-state index >= 15 is 0 Å². The van der Waals surface area contributed by atoms with Crippen molar-refractivity contribution in [3.63, 3.8) is 0 Å². The third kappa shape index (κ3) is 5.82. The molecular weight excluding hydrogens is 487 g/mol. The second-order valence-electron chi connectivity index (χ2n) is 8.77. The largest absolute Gasteiger partial charge is 0.471 e. The van der Waals surface area contributed by atoms with Crippen LogP contribution in [0.15, 0.2) is 18.3 Å². The summed E-state index contributed by atoms with van der Waals surface area (Å²) in [6.07, 6.45) is -5.28. The fourth-order valence-corrected chi connectivity index (χ4v) is 4.23. The van der Waals surface area contributed by atoms with Crippen molar-refractivity contribution < 1.29 is 31.5 Å². The van der Waals surface area contributed by atoms with Gasteiger partial charge in [0.1, 0.15) is 11.1 Å². The van der Waals surface area contributed by atoms with Crippen LogP contribution in [0.25, 0.3) is 11.2 Å². The van der Waals surface area contributed by atoms with Gasteiger partial charge in [0.25, 0.3) is 12.3 Å². The van der Waals surface area contributed by atoms with Crippen molar-refractivity contribution in [2.75, 3.05) is 11.9 Å². The molecule has 13 heteroatoms. The fourth-order valence-electron chi connectivity index (χ4n) is 4.23. The van der Waals surface area contributed by atoms with Gasteiger partial charge in [-0.1, -0.05) is 0 Å². The summed E-state index contributed by atoms with van der Waals surface area (Å²) in [7, 11) is 0. The van der Waals surface area contributed by atoms with Crippen LogP contribution in [0, 0.1) is 19.8 Å². The minimum atomic E-state index is -4.27. The Hall–Kier alpha value is -3.51. The summed E-state index contributed by atoms with van der Waals surface area (Å²) in [4.78, 5) is 28.7. The fraction of sp³-hybridized carbons (Fsp3) is 0.478. The highest BCUT2D eigenvalue weighted by atomic mass is 19.4. The standard InChI is InChI=1S/C23H25F5N6O2/c1-11-7-8-29-12(2)18(11)32-22-31-16-9-15(21(33-19(16)34-22)36-10-17(24)25)20(35)30-14-5-3-13(4-6-14)23(26,27)28/h7-9,13-14,17H,3-6,10H2,1-2H3,(H,30,35)(H2,31,32,33,34)/t13-,14-. The van der Waals surface area contributed by atoms with E-state index in [0.717, 1.165) is 16.9 Å². The topological polar surface area (TPSA) is 105 Å². The van der Waals surface area contributed by atoms with Gasteiger partial charge in [-0.3, -0.25) is 9.78 Å². The van der Waals surface area contributed by atoms with E-state index in [2.05, 4.69) is 30.6 Å². The Balaban J connectivity index is 1.57. The first-order chi connectivity index (χ1) is 17.0. The van der Waals surface area contributed by atoms with Crippen LogP contribution in [0.5, 0.6) is 5.88 Å². The molecule has 0 bridgehead atoms. The van der Waals surface area contributed by atoms with Crippen LogP contribution in [-0.2, 0) is 0 Å². The Morgan fingerprint density at radius 2 is 1.92 bits per heavy atom. The number of halogens is 5. The summed E-state index contributed by atoms with van der Waals surface area (Å²) in [6.45, 7) is 2.72. The number of hydrogen-bond acceptors (Lipinski definition) is 6. The lowest BCUT2D eigenvalue weighted by Gasteiger charge is -2.30. The number of aromatic nitrogens is 4. The average molecular weight is 512 g/mol. The second kappa shape index (κ2) is 10.2. The number of amides is 1. The number of rotatable bonds is 7. The maximum atomic E-state index is 13.0. The van der Waals surface area contributed by atoms with E-state index in [0.29, 0.717) is 5.95 Å². The molecule has 0 aliphatic heterocycles. The number of aromatic amines is 1. The number of imidazole rings is 1. The van der Waals surface area contributed by atoms with Crippen molar-refractivity contribution in [2.24, 2.45) is 5.92 Å². The average Bonchev–Trinajstić information content (AvgIpc) is 3.20. The van der Waals surface area contributed by atoms with Gasteiger partial charge in [0, 0.05) is 12.2 Å². The molecule has 0 unspecified atom stereocenters. The van der Waals surface area contributed by atoms with Gasteiger partial charge in [0.15, 0.2) is 12.3 Å². The molecule has 0 aromatic carbocycles. The van der Waals surface area contributed by atoms with Gasteiger partial charge in [-0.05, 0) is 57.2 Å². The van der Waals surface area contributed by atoms with Crippen molar-refractivity contribution in [3.8, 4) is 5.88 Å². The number of aryl methyl sites for hydroxylation is 2. The van der Waals surface area contributed by atoms with Crippen LogP contribution in [-0.4, -0.2) is 51.1 Å². The number of hydrogen-bond donors (Lipinski definition) is 3. The van der Waals surface area contributed by atoms with Crippen LogP contribution in [0.1, 0.15) is 47.3 Å². The highest BCUT2D eigenvalue weighted by Gasteiger charge is 2.41. The number of carbonyl (C=O) groups is 1. The van der Waals surface area contributed by atoms with Crippen molar-refractivity contribution in [3.05, 3.63) is 35.2 Å². The first-order valence-electron chi connectivity index (χ1n) is 11.4. The maximum absolute atomic E-state index is 13.0. The van der Waals surface area contributed by atoms with Gasteiger partial charge >= 0.3 is 6.18 Å². The molecule has 1 fully saturated rings. The van der Waals surface area contributed by atoms with E-state index < -0.39 is 37.1 Å². The third-order valence-corrected chi connectivity index (χ3v) is 6.14. The van der Waals surface area contributed by atoms with Crippen molar-refractivity contribution in [1.29, 1.82) is 0 Å². The lowest BCUT2D eigenvalue weighted by atomic mass is 9.85. The molecule has 1 aliphatic rings. The highest BCUT2D eigenvalue weighted by Crippen LogP contribution is 2.37. The van der Waals surface area contributed by atoms with Crippen LogP contribution in [0.3, 0.4) is 0 Å². The van der Waals surface area contributed by atoms with Gasteiger partial charge in [-0.25, -0.2) is 13.8 Å². The molecule has 36 heavy (non-hydrogen) atoms. The van der Waals surface area contributed by atoms with Crippen molar-refractivity contribution >= 4 is 28.7 Å². The quantitative estimate of drug-likeness (QED) is 0.376. The van der Waals surface area contributed by atoms with E-state index in [4.69, 9.17) is 4.74 Å². The zero-order chi connectivity index (χ0) is 26.0. The number of alkyl halides is 5. The molecule has 3 N–H and O–H groups in total. The third-order valence-electron chi connectivity index (χ3n) is 6.14. The summed E-state index contributed by atoms with van der Waals surface area (Å²) in [6, 6.07) is 2.68. The number of pyridine rings is 2. The number of ether oxygens (including phenoxy) is 1. The predicted octanol–water partition coefficient (Wildman–Crippen LogP) is 5.21. The number of fused-ring (bicyclic) bond motifs is 1. The smallest absolute Gasteiger partial charge is 0.391 e. The summed E-state index contributed by atoms with van der Waals surface area (Å²) >= 11 is 0. The minimum Gasteiger partial charge on any atom is -0.471 e. The van der Waals surface area contributed by atoms with Gasteiger partial charge in [0.2, 0.25) is 11.8 Å². The van der Waals surface area contributed by atoms with E-state index in [1.54, 1.807) is 6.20 Å².